The Kier molecular flexibility index (Phi) is 10.0. The first-order chi connectivity index (χ1) is 17.7. The number of nitrogens with zero attached hydrogens (tertiary/aromatic N) is 4. The van der Waals surface area contributed by atoms with Crippen molar-refractivity contribution in [2.45, 2.75) is 26.7 Å². The molecule has 3 aromatic rings. The van der Waals surface area contributed by atoms with Crippen LogP contribution in [-0.4, -0.2) is 54.9 Å². The number of ether oxygens (including phenoxy) is 1. The summed E-state index contributed by atoms with van der Waals surface area (Å²) in [7, 11) is -0.977. The Morgan fingerprint density at radius 2 is 1.84 bits per heavy atom. The molecule has 0 aliphatic heterocycles. The van der Waals surface area contributed by atoms with E-state index in [9.17, 15) is 9.47 Å². The number of nitrogens with one attached hydrogen (secondary N) is 2. The summed E-state index contributed by atoms with van der Waals surface area (Å²) in [6.07, 6.45) is 3.07. The van der Waals surface area contributed by atoms with Gasteiger partial charge >= 0.3 is 0 Å². The number of anilines is 4. The first-order valence-corrected chi connectivity index (χ1v) is 15.2. The van der Waals surface area contributed by atoms with Crippen LogP contribution in [0, 0.1) is 4.91 Å². The third-order valence-electron chi connectivity index (χ3n) is 6.04. The third-order valence-corrected chi connectivity index (χ3v) is 7.87. The van der Waals surface area contributed by atoms with Crippen LogP contribution in [0.4, 0.5) is 28.8 Å². The zero-order chi connectivity index (χ0) is 27.0. The zero-order valence-corrected chi connectivity index (χ0v) is 23.6. The van der Waals surface area contributed by atoms with Crippen molar-refractivity contribution < 1.29 is 9.30 Å². The van der Waals surface area contributed by atoms with E-state index in [-0.39, 0.29) is 5.95 Å². The summed E-state index contributed by atoms with van der Waals surface area (Å²) in [4.78, 5) is 22.8. The third kappa shape index (κ3) is 7.51. The minimum Gasteiger partial charge on any atom is -0.495 e. The van der Waals surface area contributed by atoms with Crippen LogP contribution in [0.25, 0.3) is 0 Å². The fourth-order valence-electron chi connectivity index (χ4n) is 4.01. The van der Waals surface area contributed by atoms with Crippen LogP contribution in [0.3, 0.4) is 0 Å². The first-order valence-electron chi connectivity index (χ1n) is 12.2. The number of nitroso groups, excluding NO2 is 1. The van der Waals surface area contributed by atoms with Gasteiger partial charge in [-0.15, -0.1) is 4.91 Å². The number of methoxy groups -OCH3 is 1. The lowest BCUT2D eigenvalue weighted by atomic mass is 10.1. The van der Waals surface area contributed by atoms with E-state index in [1.165, 1.54) is 6.20 Å². The molecule has 1 aromatic heterocycles. The molecule has 0 spiro atoms. The molecule has 0 amide bonds. The summed E-state index contributed by atoms with van der Waals surface area (Å²) < 4.78 is 18.3. The number of benzene rings is 2. The summed E-state index contributed by atoms with van der Waals surface area (Å²) in [5.41, 5.74) is 2.32. The highest BCUT2D eigenvalue weighted by Crippen LogP contribution is 2.39. The van der Waals surface area contributed by atoms with Crippen molar-refractivity contribution in [2.24, 2.45) is 5.18 Å². The molecule has 0 radical (unpaired) electrons. The largest absolute Gasteiger partial charge is 0.495 e. The summed E-state index contributed by atoms with van der Waals surface area (Å²) in [5.74, 6) is 1.13. The Hall–Kier alpha value is -3.00. The molecule has 2 N–H and O–H groups in total. The van der Waals surface area contributed by atoms with Crippen molar-refractivity contribution in [3.05, 3.63) is 58.1 Å². The van der Waals surface area contributed by atoms with Gasteiger partial charge in [0.25, 0.3) is 0 Å². The molecule has 0 fully saturated rings. The standard InChI is InChI=1S/C26H34ClN6O3P/c1-6-33(7-2)14-10-11-18-15-23(36-3)22(16-21(18)32-34)30-26-28-17-19(27)25(31-26)29-20-12-8-9-13-24(20)37(4,5)35/h8-9,12-13,15-17H,6-7,10-11,14H2,1-5H3,(H2,28,29,30,31). The quantitative estimate of drug-likeness (QED) is 0.184. The van der Waals surface area contributed by atoms with Crippen molar-refractivity contribution in [1.82, 2.24) is 14.9 Å². The molecule has 0 aliphatic rings. The molecule has 3 rings (SSSR count). The molecule has 0 unspecified atom stereocenters. The molecule has 0 atom stereocenters. The Morgan fingerprint density at radius 1 is 1.11 bits per heavy atom. The molecule has 1 heterocycles. The summed E-state index contributed by atoms with van der Waals surface area (Å²) in [6.45, 7) is 10.6. The Morgan fingerprint density at radius 3 is 2.49 bits per heavy atom. The number of hydrogen-bond donors (Lipinski definition) is 2. The van der Waals surface area contributed by atoms with Gasteiger partial charge in [-0.2, -0.15) is 4.98 Å². The molecule has 0 saturated heterocycles. The van der Waals surface area contributed by atoms with Gasteiger partial charge in [0.1, 0.15) is 23.6 Å². The predicted octanol–water partition coefficient (Wildman–Crippen LogP) is 6.55. The van der Waals surface area contributed by atoms with Gasteiger partial charge in [-0.25, -0.2) is 4.98 Å². The minimum atomic E-state index is -2.54. The number of aromatic nitrogens is 2. The summed E-state index contributed by atoms with van der Waals surface area (Å²) >= 11 is 6.37. The number of aryl methyl sites for hydroxylation is 1. The second kappa shape index (κ2) is 13.0. The lowest BCUT2D eigenvalue weighted by Crippen LogP contribution is -2.24. The normalized spacial score (nSPS) is 11.4. The topological polar surface area (TPSA) is 109 Å². The number of hydrogen-bond acceptors (Lipinski definition) is 9. The van der Waals surface area contributed by atoms with Crippen LogP contribution in [0.1, 0.15) is 25.8 Å². The number of halogens is 1. The average Bonchev–Trinajstić information content (AvgIpc) is 2.88. The Bertz CT molecular complexity index is 1280. The molecule has 9 nitrogen and oxygen atoms in total. The molecule has 0 bridgehead atoms. The van der Waals surface area contributed by atoms with Crippen LogP contribution in [-0.2, 0) is 11.0 Å². The van der Waals surface area contributed by atoms with E-state index in [1.54, 1.807) is 26.5 Å². The van der Waals surface area contributed by atoms with Crippen LogP contribution >= 0.6 is 18.7 Å². The van der Waals surface area contributed by atoms with Gasteiger partial charge in [-0.3, -0.25) is 0 Å². The fourth-order valence-corrected chi connectivity index (χ4v) is 5.30. The minimum absolute atomic E-state index is 0.241. The van der Waals surface area contributed by atoms with Crippen molar-refractivity contribution >= 4 is 52.9 Å². The molecule has 11 heteroatoms. The number of para-hydroxylation sites is 1. The second-order valence-electron chi connectivity index (χ2n) is 8.91. The maximum Gasteiger partial charge on any atom is 0.229 e. The molecule has 37 heavy (non-hydrogen) atoms. The van der Waals surface area contributed by atoms with E-state index in [0.29, 0.717) is 45.4 Å². The molecule has 198 valence electrons. The maximum atomic E-state index is 12.7. The fraction of sp³-hybridized carbons (Fsp3) is 0.385. The summed E-state index contributed by atoms with van der Waals surface area (Å²) in [5, 5.41) is 10.5. The SMILES string of the molecule is CCN(CC)CCCc1cc(OC)c(Nc2ncc(Cl)c(Nc3ccccc3P(C)(C)=O)n2)cc1N=O. The van der Waals surface area contributed by atoms with Gasteiger partial charge in [-0.1, -0.05) is 37.6 Å². The van der Waals surface area contributed by atoms with E-state index >= 15 is 0 Å². The van der Waals surface area contributed by atoms with Gasteiger partial charge in [0.2, 0.25) is 5.95 Å². The molecule has 0 aliphatic carbocycles. The van der Waals surface area contributed by atoms with Crippen molar-refractivity contribution in [1.29, 1.82) is 0 Å². The van der Waals surface area contributed by atoms with Gasteiger partial charge in [0.05, 0.1) is 24.7 Å². The highest BCUT2D eigenvalue weighted by molar-refractivity contribution is 7.70. The smallest absolute Gasteiger partial charge is 0.229 e. The molecular weight excluding hydrogens is 511 g/mol. The molecule has 0 saturated carbocycles. The van der Waals surface area contributed by atoms with Crippen LogP contribution in [0.2, 0.25) is 5.02 Å². The van der Waals surface area contributed by atoms with Crippen LogP contribution < -0.4 is 20.7 Å². The molecular formula is C26H34ClN6O3P. The van der Waals surface area contributed by atoms with Crippen LogP contribution in [0.5, 0.6) is 5.75 Å². The predicted molar refractivity (Wildman–Crippen MR) is 154 cm³/mol. The highest BCUT2D eigenvalue weighted by Gasteiger charge is 2.18. The molecule has 2 aromatic carbocycles. The van der Waals surface area contributed by atoms with Gasteiger partial charge in [-0.05, 0) is 80.8 Å². The van der Waals surface area contributed by atoms with Gasteiger partial charge in [0, 0.05) is 5.30 Å². The lowest BCUT2D eigenvalue weighted by molar-refractivity contribution is 0.300. The van der Waals surface area contributed by atoms with Gasteiger partial charge < -0.3 is 24.8 Å². The van der Waals surface area contributed by atoms with E-state index in [0.717, 1.165) is 31.6 Å². The lowest BCUT2D eigenvalue weighted by Gasteiger charge is -2.18. The van der Waals surface area contributed by atoms with E-state index in [1.807, 2.05) is 30.3 Å². The zero-order valence-electron chi connectivity index (χ0n) is 21.9. The summed E-state index contributed by atoms with van der Waals surface area (Å²) in [6, 6.07) is 10.8. The van der Waals surface area contributed by atoms with Crippen LogP contribution in [0.15, 0.2) is 47.8 Å². The average molecular weight is 545 g/mol. The van der Waals surface area contributed by atoms with E-state index < -0.39 is 7.14 Å². The Labute approximate surface area is 223 Å². The monoisotopic (exact) mass is 544 g/mol. The van der Waals surface area contributed by atoms with E-state index in [2.05, 4.69) is 44.5 Å². The Balaban J connectivity index is 1.86. The van der Waals surface area contributed by atoms with Gasteiger partial charge in [0.15, 0.2) is 5.82 Å². The first kappa shape index (κ1) is 28.6. The van der Waals surface area contributed by atoms with Crippen molar-refractivity contribution in [3.63, 3.8) is 0 Å². The van der Waals surface area contributed by atoms with Crippen molar-refractivity contribution in [2.75, 3.05) is 50.7 Å². The maximum absolute atomic E-state index is 12.7. The highest BCUT2D eigenvalue weighted by atomic mass is 35.5. The number of rotatable bonds is 13. The van der Waals surface area contributed by atoms with E-state index in [4.69, 9.17) is 16.3 Å². The second-order valence-corrected chi connectivity index (χ2v) is 12.5. The van der Waals surface area contributed by atoms with Crippen molar-refractivity contribution in [3.8, 4) is 5.75 Å².